The Morgan fingerprint density at radius 3 is 2.76 bits per heavy atom. The van der Waals surface area contributed by atoms with E-state index in [-0.39, 0.29) is 18.9 Å². The molecule has 1 atom stereocenters. The maximum atomic E-state index is 11.9. The van der Waals surface area contributed by atoms with Crippen molar-refractivity contribution in [1.29, 1.82) is 0 Å². The van der Waals surface area contributed by atoms with Crippen molar-refractivity contribution in [1.82, 2.24) is 9.88 Å². The molecule has 1 aliphatic heterocycles. The van der Waals surface area contributed by atoms with Crippen molar-refractivity contribution in [3.05, 3.63) is 42.2 Å². The number of aromatic nitrogens is 1. The summed E-state index contributed by atoms with van der Waals surface area (Å²) in [5.74, 6) is -0.205. The fourth-order valence-electron chi connectivity index (χ4n) is 2.60. The van der Waals surface area contributed by atoms with Crippen LogP contribution in [0.2, 0.25) is 0 Å². The van der Waals surface area contributed by atoms with Crippen LogP contribution in [0.25, 0.3) is 10.8 Å². The molecule has 1 saturated heterocycles. The molecule has 6 nitrogen and oxygen atoms in total. The van der Waals surface area contributed by atoms with Gasteiger partial charge in [0.15, 0.2) is 0 Å². The molecule has 7 heteroatoms. The molecule has 2 aromatic rings. The van der Waals surface area contributed by atoms with Crippen molar-refractivity contribution in [2.24, 2.45) is 5.14 Å². The van der Waals surface area contributed by atoms with E-state index in [0.717, 1.165) is 16.5 Å². The molecule has 3 rings (SSSR count). The summed E-state index contributed by atoms with van der Waals surface area (Å²) in [6.45, 7) is 0.425. The topological polar surface area (TPSA) is 93.4 Å². The van der Waals surface area contributed by atoms with Crippen LogP contribution >= 0.6 is 0 Å². The van der Waals surface area contributed by atoms with Gasteiger partial charge in [0, 0.05) is 24.5 Å². The predicted octanol–water partition coefficient (Wildman–Crippen LogP) is 0.624. The van der Waals surface area contributed by atoms with Gasteiger partial charge < -0.3 is 4.90 Å². The maximum Gasteiger partial charge on any atom is 0.224 e. The van der Waals surface area contributed by atoms with E-state index in [1.807, 2.05) is 30.3 Å². The Morgan fingerprint density at radius 1 is 1.29 bits per heavy atom. The van der Waals surface area contributed by atoms with E-state index in [1.54, 1.807) is 6.20 Å². The zero-order valence-corrected chi connectivity index (χ0v) is 12.1. The standard InChI is InChI=1S/C14H15N3O3S/c15-21(19,20)11-7-14(18)17(8-11)9-13-12-4-2-1-3-10(12)5-6-16-13/h1-6,11H,7-9H2,(H2,15,19,20). The number of likely N-dealkylation sites (tertiary alicyclic amines) is 1. The van der Waals surface area contributed by atoms with Crippen molar-refractivity contribution >= 4 is 26.7 Å². The van der Waals surface area contributed by atoms with Crippen LogP contribution in [0.3, 0.4) is 0 Å². The molecule has 1 fully saturated rings. The van der Waals surface area contributed by atoms with Gasteiger partial charge in [0.05, 0.1) is 12.2 Å². The number of carbonyl (C=O) groups excluding carboxylic acids is 1. The van der Waals surface area contributed by atoms with E-state index in [0.29, 0.717) is 6.54 Å². The number of carbonyl (C=O) groups is 1. The minimum Gasteiger partial charge on any atom is -0.335 e. The Kier molecular flexibility index (Phi) is 3.38. The first-order valence-corrected chi connectivity index (χ1v) is 8.18. The second kappa shape index (κ2) is 5.09. The third kappa shape index (κ3) is 2.74. The number of nitrogens with two attached hydrogens (primary N) is 1. The summed E-state index contributed by atoms with van der Waals surface area (Å²) in [6.07, 6.45) is 1.64. The Hall–Kier alpha value is -1.99. The lowest BCUT2D eigenvalue weighted by molar-refractivity contribution is -0.128. The Balaban J connectivity index is 1.88. The first-order valence-electron chi connectivity index (χ1n) is 6.57. The van der Waals surface area contributed by atoms with Gasteiger partial charge in [-0.1, -0.05) is 24.3 Å². The molecule has 0 bridgehead atoms. The molecule has 110 valence electrons. The number of hydrogen-bond donors (Lipinski definition) is 1. The molecule has 1 aromatic heterocycles. The first kappa shape index (κ1) is 14.0. The summed E-state index contributed by atoms with van der Waals surface area (Å²) in [7, 11) is -3.69. The minimum atomic E-state index is -3.69. The molecule has 1 unspecified atom stereocenters. The summed E-state index contributed by atoms with van der Waals surface area (Å²) in [5.41, 5.74) is 0.761. The summed E-state index contributed by atoms with van der Waals surface area (Å²) >= 11 is 0. The Morgan fingerprint density at radius 2 is 2.05 bits per heavy atom. The number of nitrogens with zero attached hydrogens (tertiary/aromatic N) is 2. The normalized spacial score (nSPS) is 19.4. The number of hydrogen-bond acceptors (Lipinski definition) is 4. The zero-order valence-electron chi connectivity index (χ0n) is 11.3. The molecule has 0 radical (unpaired) electrons. The van der Waals surface area contributed by atoms with Gasteiger partial charge in [-0.15, -0.1) is 0 Å². The summed E-state index contributed by atoms with van der Waals surface area (Å²) in [4.78, 5) is 17.8. The van der Waals surface area contributed by atoms with Crippen LogP contribution < -0.4 is 5.14 Å². The lowest BCUT2D eigenvalue weighted by Crippen LogP contribution is -2.32. The fraction of sp³-hybridized carbons (Fsp3) is 0.286. The predicted molar refractivity (Wildman–Crippen MR) is 78.7 cm³/mol. The number of rotatable bonds is 3. The maximum absolute atomic E-state index is 11.9. The van der Waals surface area contributed by atoms with Crippen LogP contribution in [0.4, 0.5) is 0 Å². The third-order valence-electron chi connectivity index (χ3n) is 3.74. The van der Waals surface area contributed by atoms with Gasteiger partial charge >= 0.3 is 0 Å². The molecular formula is C14H15N3O3S. The smallest absolute Gasteiger partial charge is 0.224 e. The van der Waals surface area contributed by atoms with E-state index in [4.69, 9.17) is 5.14 Å². The zero-order chi connectivity index (χ0) is 15.0. The summed E-state index contributed by atoms with van der Waals surface area (Å²) in [5, 5.41) is 6.31. The minimum absolute atomic E-state index is 0.0520. The van der Waals surface area contributed by atoms with Crippen LogP contribution in [0.1, 0.15) is 12.1 Å². The van der Waals surface area contributed by atoms with E-state index >= 15 is 0 Å². The molecule has 0 spiro atoms. The molecule has 0 aliphatic carbocycles. The highest BCUT2D eigenvalue weighted by Crippen LogP contribution is 2.22. The summed E-state index contributed by atoms with van der Waals surface area (Å²) < 4.78 is 22.7. The van der Waals surface area contributed by atoms with E-state index in [2.05, 4.69) is 4.98 Å². The average molecular weight is 305 g/mol. The second-order valence-electron chi connectivity index (χ2n) is 5.17. The highest BCUT2D eigenvalue weighted by molar-refractivity contribution is 7.89. The molecular weight excluding hydrogens is 290 g/mol. The number of fused-ring (bicyclic) bond motifs is 1. The summed E-state index contributed by atoms with van der Waals surface area (Å²) in [6, 6.07) is 9.66. The number of benzene rings is 1. The molecule has 2 N–H and O–H groups in total. The van der Waals surface area contributed by atoms with E-state index < -0.39 is 15.3 Å². The Labute approximate surface area is 122 Å². The van der Waals surface area contributed by atoms with Gasteiger partial charge in [-0.25, -0.2) is 13.6 Å². The lowest BCUT2D eigenvalue weighted by atomic mass is 10.1. The van der Waals surface area contributed by atoms with E-state index in [9.17, 15) is 13.2 Å². The molecule has 0 saturated carbocycles. The van der Waals surface area contributed by atoms with Crippen LogP contribution in [0.15, 0.2) is 36.5 Å². The fourth-order valence-corrected chi connectivity index (χ4v) is 3.36. The largest absolute Gasteiger partial charge is 0.335 e. The number of amides is 1. The van der Waals surface area contributed by atoms with Gasteiger partial charge in [0.1, 0.15) is 5.25 Å². The average Bonchev–Trinajstić information content (AvgIpc) is 2.81. The number of sulfonamides is 1. The van der Waals surface area contributed by atoms with Crippen LogP contribution in [0.5, 0.6) is 0 Å². The number of pyridine rings is 1. The second-order valence-corrected chi connectivity index (χ2v) is 7.01. The van der Waals surface area contributed by atoms with Crippen molar-refractivity contribution in [3.8, 4) is 0 Å². The van der Waals surface area contributed by atoms with E-state index in [1.165, 1.54) is 4.90 Å². The highest BCUT2D eigenvalue weighted by atomic mass is 32.2. The SMILES string of the molecule is NS(=O)(=O)C1CC(=O)N(Cc2nccc3ccccc23)C1. The van der Waals surface area contributed by atoms with Crippen LogP contribution in [-0.4, -0.2) is 36.0 Å². The number of primary sulfonamides is 1. The molecule has 1 aromatic carbocycles. The van der Waals surface area contributed by atoms with Gasteiger partial charge in [-0.3, -0.25) is 9.78 Å². The molecule has 2 heterocycles. The first-order chi connectivity index (χ1) is 9.95. The third-order valence-corrected chi connectivity index (χ3v) is 4.99. The van der Waals surface area contributed by atoms with Gasteiger partial charge in [0.25, 0.3) is 0 Å². The highest BCUT2D eigenvalue weighted by Gasteiger charge is 2.36. The van der Waals surface area contributed by atoms with Crippen molar-refractivity contribution in [2.75, 3.05) is 6.54 Å². The van der Waals surface area contributed by atoms with Crippen molar-refractivity contribution in [3.63, 3.8) is 0 Å². The van der Waals surface area contributed by atoms with Gasteiger partial charge in [0.2, 0.25) is 15.9 Å². The molecule has 1 aliphatic rings. The van der Waals surface area contributed by atoms with Gasteiger partial charge in [-0.05, 0) is 11.5 Å². The molecule has 21 heavy (non-hydrogen) atoms. The quantitative estimate of drug-likeness (QED) is 0.899. The molecule has 1 amide bonds. The van der Waals surface area contributed by atoms with Crippen molar-refractivity contribution < 1.29 is 13.2 Å². The Bertz CT molecular complexity index is 799. The van der Waals surface area contributed by atoms with Crippen LogP contribution in [-0.2, 0) is 21.4 Å². The van der Waals surface area contributed by atoms with Gasteiger partial charge in [-0.2, -0.15) is 0 Å². The monoisotopic (exact) mass is 305 g/mol. The van der Waals surface area contributed by atoms with Crippen molar-refractivity contribution in [2.45, 2.75) is 18.2 Å². The van der Waals surface area contributed by atoms with Crippen LogP contribution in [0, 0.1) is 0 Å². The lowest BCUT2D eigenvalue weighted by Gasteiger charge is -2.16.